The number of allylic oxidation sites excluding steroid dienone is 4. The molecule has 0 bridgehead atoms. The van der Waals surface area contributed by atoms with Gasteiger partial charge in [0.15, 0.2) is 46.3 Å². The molecule has 18 rings (SSSR count). The van der Waals surface area contributed by atoms with Gasteiger partial charge in [0, 0.05) is 90.5 Å². The minimum absolute atomic E-state index is 0. The molecule has 26 nitrogen and oxygen atoms in total. The van der Waals surface area contributed by atoms with E-state index in [9.17, 15) is 14.4 Å². The van der Waals surface area contributed by atoms with E-state index in [1.807, 2.05) is 46.8 Å². The third kappa shape index (κ3) is 20.2. The summed E-state index contributed by atoms with van der Waals surface area (Å²) in [5.41, 5.74) is 5.98. The first kappa shape index (κ1) is 97.9. The fourth-order valence-corrected chi connectivity index (χ4v) is 27.5. The van der Waals surface area contributed by atoms with Crippen molar-refractivity contribution in [3.05, 3.63) is 75.3 Å². The number of cyclic esters (lactones) is 2. The number of hydrogen-bond acceptors (Lipinski definition) is 28. The highest BCUT2D eigenvalue weighted by atomic mass is 35.5. The van der Waals surface area contributed by atoms with Crippen LogP contribution in [0.15, 0.2) is 59.7 Å². The molecule has 0 amide bonds. The summed E-state index contributed by atoms with van der Waals surface area (Å²) in [5, 5.41) is 4.83. The fourth-order valence-electron chi connectivity index (χ4n) is 25.5. The summed E-state index contributed by atoms with van der Waals surface area (Å²) in [7, 11) is 18.4. The van der Waals surface area contributed by atoms with Crippen LogP contribution in [0.25, 0.3) is 20.4 Å². The number of anilines is 1. The molecule has 128 heavy (non-hydrogen) atoms. The average Bonchev–Trinajstić information content (AvgIpc) is 1.51. The molecule has 2 aromatic heterocycles. The lowest BCUT2D eigenvalue weighted by Gasteiger charge is -2.44. The van der Waals surface area contributed by atoms with Crippen molar-refractivity contribution in [1.29, 1.82) is 0 Å². The third-order valence-electron chi connectivity index (χ3n) is 31.9. The Morgan fingerprint density at radius 1 is 0.492 bits per heavy atom. The van der Waals surface area contributed by atoms with Gasteiger partial charge in [0.1, 0.15) is 48.8 Å². The van der Waals surface area contributed by atoms with Gasteiger partial charge in [0.05, 0.1) is 94.2 Å². The van der Waals surface area contributed by atoms with Crippen molar-refractivity contribution >= 4 is 83.3 Å². The zero-order valence-electron chi connectivity index (χ0n) is 78.4. The number of halogens is 1. The van der Waals surface area contributed by atoms with Crippen molar-refractivity contribution in [2.45, 2.75) is 351 Å². The number of esters is 2. The Bertz CT molecular complexity index is 4510. The number of thiazole rings is 2. The molecule has 38 atom stereocenters. The molecule has 2 aromatic carbocycles. The summed E-state index contributed by atoms with van der Waals surface area (Å²) in [6.45, 7) is 20.6. The minimum Gasteiger partial charge on any atom is -0.462 e. The van der Waals surface area contributed by atoms with E-state index in [0.29, 0.717) is 47.3 Å². The summed E-state index contributed by atoms with van der Waals surface area (Å²) in [4.78, 5) is 74.2. The van der Waals surface area contributed by atoms with Crippen molar-refractivity contribution < 1.29 is 95.0 Å². The topological polar surface area (TPSA) is 273 Å². The van der Waals surface area contributed by atoms with Crippen molar-refractivity contribution in [1.82, 2.24) is 25.1 Å². The van der Waals surface area contributed by atoms with Gasteiger partial charge in [-0.1, -0.05) is 82.3 Å². The molecule has 4 saturated carbocycles. The standard InChI is InChI=1S/C49H71N3O10S.C41H66N2O10.C8H6ClNS.CH4/c1-11-28-13-12-14-37(62-40-18-16-36(51(6)7)26(4)58-40)25(3)44(54)34-22-31-30-20-29(61-48-47(57-10)46(56-9)45(55-8)27(5)59-48)21-33(30)42-43(41(31)32(34)23-39(53)60-28)52(42)49-50-35-19-24(2)15-17-38(35)63-49;1-10-23-12-11-13-31(53-33-15-14-30(43(5)6)21(3)49-33)20(2)37(45)29-18-26-25-16-24(52-41-40(48-9)39(47-8)38(46-7)22(4)50-41)17-28(25)35-36(42-35)34(26)27(29)19-32(44)51-23;1-5-2-3-7-6(4-5)10-8(9)11-7;/h15,17,19,22,25-33,36-37,40-43,45-48H,11-14,16,18,20-21,23H2,1-10H3;18,20-28,30-31,33-36,38-42H,10-17,19H2,1-9H3;2-4H,1H3;1H4/t25-,26?,27?,28+,29+,30+,31+,32-,33-,36+,37+,40+,41-,42+,43-,45+,46?,47+,48+,52?;20-,21?,22?,23+,24+,25+,26+,27-,28-,30+,31+,33+,34-,35+,36-,38+,39?,40+,41+;;/m11../s1. The van der Waals surface area contributed by atoms with Crippen molar-refractivity contribution in [2.24, 2.45) is 71.0 Å². The van der Waals surface area contributed by atoms with Crippen LogP contribution in [0.3, 0.4) is 0 Å². The van der Waals surface area contributed by atoms with E-state index in [1.54, 1.807) is 54.0 Å². The lowest BCUT2D eigenvalue weighted by molar-refractivity contribution is -0.314. The molecular weight excluding hydrogens is 1690 g/mol. The first-order chi connectivity index (χ1) is 61.0. The predicted octanol–water partition coefficient (Wildman–Crippen LogP) is 15.3. The number of benzene rings is 2. The molecule has 8 aliphatic heterocycles. The van der Waals surface area contributed by atoms with Crippen LogP contribution in [0.5, 0.6) is 0 Å². The highest BCUT2D eigenvalue weighted by molar-refractivity contribution is 7.22. The van der Waals surface area contributed by atoms with Gasteiger partial charge in [-0.25, -0.2) is 9.97 Å². The monoisotopic (exact) mass is 1840 g/mol. The lowest BCUT2D eigenvalue weighted by Crippen LogP contribution is -2.59. The number of nitrogens with one attached hydrogen (secondary N) is 1. The van der Waals surface area contributed by atoms with Crippen molar-refractivity contribution in [2.75, 3.05) is 75.7 Å². The SMILES string of the molecule is C.CC[C@H]1CCC[C@H](O[C@H]2CC[C@H](N(C)C)C(C)O2)[C@@H](C)C(=O)C2=C[C@H]3[C@@H]4C[C@H](O[C@@H]5OC(C)[C@H](OC)C(OC)[C@@H]5OC)C[C@H]4[C@@H]4N[C@@H]4[C@H]3[C@@H]2CC(=O)O1.CC[C@H]1CCC[C@H](O[C@H]2CC[C@H](N(C)C)C(C)O2)[C@@H](C)C(=O)C2=C[C@H]3[C@@H]4C[C@H](O[C@@H]5OC(C)[C@H](OC)C(OC)[C@@H]5OC)C[C@H]4[C@H]4[C@@H]([C@H]3[C@@H]2CC(=O)O1)N4c1nc2cc(C)ccc2s1.Cc1ccc2sc(Cl)nc2c1. The number of aromatic nitrogens is 2. The maximum atomic E-state index is 15.3. The molecule has 29 heteroatoms. The summed E-state index contributed by atoms with van der Waals surface area (Å²) in [6, 6.07) is 14.2. The normalized spacial score (nSPS) is 42.3. The van der Waals surface area contributed by atoms with Gasteiger partial charge in [-0.3, -0.25) is 19.2 Å². The number of ether oxygens (including phenoxy) is 16. The maximum absolute atomic E-state index is 15.3. The van der Waals surface area contributed by atoms with Crippen LogP contribution in [0.1, 0.15) is 190 Å². The van der Waals surface area contributed by atoms with Crippen molar-refractivity contribution in [3.63, 3.8) is 0 Å². The van der Waals surface area contributed by atoms with E-state index < -0.39 is 30.7 Å². The number of rotatable bonds is 19. The zero-order valence-corrected chi connectivity index (χ0v) is 80.8. The summed E-state index contributed by atoms with van der Waals surface area (Å²) in [5.74, 6) is 0.223. The quantitative estimate of drug-likeness (QED) is 0.0674. The summed E-state index contributed by atoms with van der Waals surface area (Å²) >= 11 is 8.99. The van der Waals surface area contributed by atoms with Crippen molar-refractivity contribution in [3.8, 4) is 0 Å². The first-order valence-corrected chi connectivity index (χ1v) is 49.7. The lowest BCUT2D eigenvalue weighted by atomic mass is 9.66. The molecule has 0 spiro atoms. The Labute approximate surface area is 772 Å². The van der Waals surface area contributed by atoms with Gasteiger partial charge in [0.25, 0.3) is 0 Å². The molecule has 1 N–H and O–H groups in total. The number of carbonyl (C=O) groups excluding carboxylic acids is 4. The second-order valence-corrected chi connectivity index (χ2v) is 42.4. The van der Waals surface area contributed by atoms with Crippen LogP contribution in [-0.4, -0.2) is 273 Å². The second-order valence-electron chi connectivity index (χ2n) is 39.7. The molecule has 10 heterocycles. The van der Waals surface area contributed by atoms with Gasteiger partial charge >= 0.3 is 11.9 Å². The molecule has 6 unspecified atom stereocenters. The van der Waals surface area contributed by atoms with Crippen LogP contribution in [0.2, 0.25) is 4.47 Å². The highest BCUT2D eigenvalue weighted by Crippen LogP contribution is 2.66. The molecule has 6 aliphatic carbocycles. The van der Waals surface area contributed by atoms with Gasteiger partial charge in [0.2, 0.25) is 0 Å². The fraction of sp³-hybridized carbons (Fsp3) is 0.778. The number of carbonyl (C=O) groups is 4. The van der Waals surface area contributed by atoms with E-state index in [2.05, 4.69) is 124 Å². The zero-order chi connectivity index (χ0) is 90.0. The highest BCUT2D eigenvalue weighted by Gasteiger charge is 2.71. The van der Waals surface area contributed by atoms with E-state index in [1.165, 1.54) is 22.5 Å². The Morgan fingerprint density at radius 3 is 1.39 bits per heavy atom. The van der Waals surface area contributed by atoms with Crippen LogP contribution < -0.4 is 10.2 Å². The van der Waals surface area contributed by atoms with Gasteiger partial charge in [-0.05, 0) is 266 Å². The number of methoxy groups -OCH3 is 6. The van der Waals surface area contributed by atoms with Crippen LogP contribution in [0, 0.1) is 84.9 Å². The third-order valence-corrected chi connectivity index (χ3v) is 34.1. The van der Waals surface area contributed by atoms with E-state index in [4.69, 9.17) is 92.4 Å². The Hall–Kier alpha value is -4.61. The van der Waals surface area contributed by atoms with E-state index in [0.717, 1.165) is 127 Å². The van der Waals surface area contributed by atoms with E-state index >= 15 is 4.79 Å². The summed E-state index contributed by atoms with van der Waals surface area (Å²) < 4.78 is 104. The Morgan fingerprint density at radius 2 is 0.930 bits per heavy atom. The maximum Gasteiger partial charge on any atom is 0.306 e. The van der Waals surface area contributed by atoms with Gasteiger partial charge in [-0.2, -0.15) is 0 Å². The number of nitrogens with zero attached hydrogens (tertiary/aromatic N) is 5. The number of aryl methyl sites for hydroxylation is 2. The molecular formula is C99H147ClN6O20S2. The first-order valence-electron chi connectivity index (χ1n) is 47.6. The molecule has 8 saturated heterocycles. The minimum atomic E-state index is -0.636. The van der Waals surface area contributed by atoms with Crippen LogP contribution in [0.4, 0.5) is 5.13 Å². The largest absolute Gasteiger partial charge is 0.462 e. The smallest absolute Gasteiger partial charge is 0.306 e. The van der Waals surface area contributed by atoms with Crippen LogP contribution in [-0.2, 0) is 95.0 Å². The van der Waals surface area contributed by atoms with Crippen LogP contribution >= 0.6 is 34.3 Å². The van der Waals surface area contributed by atoms with E-state index in [-0.39, 0.29) is 213 Å². The Balaban J connectivity index is 0.000000176. The number of hydrogen-bond donors (Lipinski definition) is 1. The number of likely N-dealkylation sites (N-methyl/N-ethyl adjacent to an activating group) is 2. The van der Waals surface area contributed by atoms with Gasteiger partial charge < -0.3 is 95.8 Å². The average molecular weight is 1840 g/mol. The van der Waals surface area contributed by atoms with Gasteiger partial charge in [-0.15, -0.1) is 11.3 Å². The molecule has 14 aliphatic rings. The predicted molar refractivity (Wildman–Crippen MR) is 491 cm³/mol. The molecule has 12 fully saturated rings. The molecule has 0 radical (unpaired) electrons. The second kappa shape index (κ2) is 41.9. The number of fused-ring (bicyclic) bond motifs is 18. The number of ketones is 2. The number of Topliss-reactive ketones (excluding diaryl/α,β-unsaturated/α-hetero) is 2. The summed E-state index contributed by atoms with van der Waals surface area (Å²) in [6.07, 6.45) is 12.3. The molecule has 712 valence electrons. The Kier molecular flexibility index (Phi) is 32.1. The molecule has 4 aromatic rings.